The van der Waals surface area contributed by atoms with Crippen LogP contribution in [0.2, 0.25) is 5.02 Å². The lowest BCUT2D eigenvalue weighted by Crippen LogP contribution is -2.24. The number of hydrogen-bond donors (Lipinski definition) is 0. The van der Waals surface area contributed by atoms with Crippen molar-refractivity contribution in [2.24, 2.45) is 0 Å². The van der Waals surface area contributed by atoms with E-state index in [4.69, 9.17) is 16.3 Å². The van der Waals surface area contributed by atoms with Crippen LogP contribution < -0.4 is 4.73 Å². The zero-order valence-electron chi connectivity index (χ0n) is 10.5. The number of ether oxygens (including phenoxy) is 1. The van der Waals surface area contributed by atoms with E-state index in [9.17, 15) is 14.4 Å². The Morgan fingerprint density at radius 1 is 1.35 bits per heavy atom. The first-order chi connectivity index (χ1) is 9.47. The molecule has 6 heteroatoms. The lowest BCUT2D eigenvalue weighted by Gasteiger charge is -2.14. The molecular formula is C14H11ClFNO3. The Morgan fingerprint density at radius 2 is 2.00 bits per heavy atom. The molecule has 2 aromatic rings. The minimum atomic E-state index is -0.583. The molecule has 0 aliphatic rings. The molecule has 0 aliphatic heterocycles. The third-order valence-electron chi connectivity index (χ3n) is 2.73. The molecule has 1 atom stereocenters. The van der Waals surface area contributed by atoms with Crippen molar-refractivity contribution < 1.29 is 18.7 Å². The number of nitrogens with zero attached hydrogens (tertiary/aromatic N) is 1. The lowest BCUT2D eigenvalue weighted by molar-refractivity contribution is -0.605. The molecule has 0 bridgehead atoms. The quantitative estimate of drug-likeness (QED) is 0.497. The summed E-state index contributed by atoms with van der Waals surface area (Å²) in [6, 6.07) is 6.84. The Labute approximate surface area is 120 Å². The molecule has 0 saturated carbocycles. The van der Waals surface area contributed by atoms with Gasteiger partial charge in [-0.1, -0.05) is 17.7 Å². The zero-order valence-corrected chi connectivity index (χ0v) is 11.3. The number of hydrogen-bond acceptors (Lipinski definition) is 3. The third-order valence-corrected chi connectivity index (χ3v) is 3.02. The molecule has 20 heavy (non-hydrogen) atoms. The predicted molar refractivity (Wildman–Crippen MR) is 70.6 cm³/mol. The largest absolute Gasteiger partial charge is 0.619 e. The summed E-state index contributed by atoms with van der Waals surface area (Å²) in [4.78, 5) is 11.9. The standard InChI is InChI=1S/C14H11ClFNO3/c1-9(11-2-3-13(16)12(15)8-11)20-14(18)10-4-6-17(19)7-5-10/h2-9H,1H3/t9-/m1/s1. The maximum atomic E-state index is 13.1. The molecule has 0 amide bonds. The number of carbonyl (C=O) groups excluding carboxylic acids is 1. The van der Waals surface area contributed by atoms with Crippen LogP contribution in [0.3, 0.4) is 0 Å². The van der Waals surface area contributed by atoms with Crippen molar-refractivity contribution in [2.45, 2.75) is 13.0 Å². The van der Waals surface area contributed by atoms with Gasteiger partial charge in [0.15, 0.2) is 12.4 Å². The van der Waals surface area contributed by atoms with E-state index < -0.39 is 17.9 Å². The molecule has 0 radical (unpaired) electrons. The Morgan fingerprint density at radius 3 is 2.60 bits per heavy atom. The van der Waals surface area contributed by atoms with Crippen LogP contribution in [-0.4, -0.2) is 5.97 Å². The Bertz CT molecular complexity index is 631. The Hall–Kier alpha value is -2.14. The van der Waals surface area contributed by atoms with Crippen molar-refractivity contribution in [1.82, 2.24) is 0 Å². The molecule has 0 saturated heterocycles. The van der Waals surface area contributed by atoms with Crippen molar-refractivity contribution in [2.75, 3.05) is 0 Å². The summed E-state index contributed by atoms with van der Waals surface area (Å²) in [6.07, 6.45) is 1.83. The number of halogens is 2. The second kappa shape index (κ2) is 5.88. The average molecular weight is 296 g/mol. The highest BCUT2D eigenvalue weighted by atomic mass is 35.5. The SMILES string of the molecule is C[C@@H](OC(=O)c1cc[n+]([O-])cc1)c1ccc(F)c(Cl)c1. The van der Waals surface area contributed by atoms with Crippen LogP contribution in [0.15, 0.2) is 42.7 Å². The summed E-state index contributed by atoms with van der Waals surface area (Å²) in [6.45, 7) is 1.65. The second-order valence-corrected chi connectivity index (χ2v) is 4.57. The first-order valence-electron chi connectivity index (χ1n) is 5.82. The molecule has 104 valence electrons. The van der Waals surface area contributed by atoms with Gasteiger partial charge in [-0.3, -0.25) is 0 Å². The van der Waals surface area contributed by atoms with Gasteiger partial charge in [0.05, 0.1) is 10.6 Å². The van der Waals surface area contributed by atoms with Crippen molar-refractivity contribution >= 4 is 17.6 Å². The Balaban J connectivity index is 2.10. The number of rotatable bonds is 3. The average Bonchev–Trinajstić information content (AvgIpc) is 2.42. The molecule has 0 spiro atoms. The number of carbonyl (C=O) groups is 1. The molecule has 0 unspecified atom stereocenters. The van der Waals surface area contributed by atoms with Crippen LogP contribution in [0.4, 0.5) is 4.39 Å². The third kappa shape index (κ3) is 3.24. The van der Waals surface area contributed by atoms with Gasteiger partial charge in [0.25, 0.3) is 0 Å². The molecule has 4 nitrogen and oxygen atoms in total. The normalized spacial score (nSPS) is 11.9. The van der Waals surface area contributed by atoms with Crippen LogP contribution in [0.5, 0.6) is 0 Å². The number of pyridine rings is 1. The van der Waals surface area contributed by atoms with E-state index in [1.165, 1.54) is 42.7 Å². The van der Waals surface area contributed by atoms with Crippen LogP contribution in [0, 0.1) is 11.0 Å². The molecule has 0 N–H and O–H groups in total. The van der Waals surface area contributed by atoms with E-state index in [0.29, 0.717) is 10.3 Å². The van der Waals surface area contributed by atoms with Gasteiger partial charge < -0.3 is 9.94 Å². The predicted octanol–water partition coefficient (Wildman–Crippen LogP) is 3.03. The van der Waals surface area contributed by atoms with Crippen LogP contribution in [0.1, 0.15) is 28.9 Å². The summed E-state index contributed by atoms with van der Waals surface area (Å²) in [5.41, 5.74) is 0.844. The summed E-state index contributed by atoms with van der Waals surface area (Å²) in [7, 11) is 0. The Kier molecular flexibility index (Phi) is 4.20. The van der Waals surface area contributed by atoms with E-state index in [1.54, 1.807) is 6.92 Å². The maximum Gasteiger partial charge on any atom is 0.339 e. The van der Waals surface area contributed by atoms with Gasteiger partial charge in [-0.15, -0.1) is 0 Å². The summed E-state index contributed by atoms with van der Waals surface area (Å²) >= 11 is 5.68. The first kappa shape index (κ1) is 14.3. The van der Waals surface area contributed by atoms with E-state index in [2.05, 4.69) is 0 Å². The van der Waals surface area contributed by atoms with Crippen molar-refractivity contribution in [3.8, 4) is 0 Å². The maximum absolute atomic E-state index is 13.1. The molecule has 0 fully saturated rings. The number of aromatic nitrogens is 1. The van der Waals surface area contributed by atoms with Crippen molar-refractivity contribution in [3.05, 3.63) is 69.9 Å². The number of esters is 1. The highest BCUT2D eigenvalue weighted by Crippen LogP contribution is 2.23. The smallest absolute Gasteiger partial charge is 0.339 e. The van der Waals surface area contributed by atoms with Crippen LogP contribution >= 0.6 is 11.6 Å². The van der Waals surface area contributed by atoms with E-state index >= 15 is 0 Å². The van der Waals surface area contributed by atoms with Gasteiger partial charge >= 0.3 is 5.97 Å². The number of benzene rings is 1. The highest BCUT2D eigenvalue weighted by Gasteiger charge is 2.15. The molecule has 1 aromatic heterocycles. The van der Waals surface area contributed by atoms with Gasteiger partial charge in [-0.25, -0.2) is 9.18 Å². The molecule has 0 aliphatic carbocycles. The lowest BCUT2D eigenvalue weighted by atomic mass is 10.1. The van der Waals surface area contributed by atoms with Gasteiger partial charge in [0, 0.05) is 12.1 Å². The van der Waals surface area contributed by atoms with Gasteiger partial charge in [0.1, 0.15) is 11.9 Å². The molecule has 1 heterocycles. The van der Waals surface area contributed by atoms with Gasteiger partial charge in [-0.05, 0) is 24.6 Å². The summed E-state index contributed by atoms with van der Waals surface area (Å²) < 4.78 is 18.9. The van der Waals surface area contributed by atoms with Crippen molar-refractivity contribution in [3.63, 3.8) is 0 Å². The summed E-state index contributed by atoms with van der Waals surface area (Å²) in [5.74, 6) is -1.10. The molecular weight excluding hydrogens is 285 g/mol. The fourth-order valence-electron chi connectivity index (χ4n) is 1.61. The molecule has 2 rings (SSSR count). The van der Waals surface area contributed by atoms with Crippen LogP contribution in [0.25, 0.3) is 0 Å². The van der Waals surface area contributed by atoms with Crippen molar-refractivity contribution in [1.29, 1.82) is 0 Å². The van der Waals surface area contributed by atoms with Crippen LogP contribution in [-0.2, 0) is 4.74 Å². The van der Waals surface area contributed by atoms with E-state index in [0.717, 1.165) is 0 Å². The van der Waals surface area contributed by atoms with E-state index in [1.807, 2.05) is 0 Å². The minimum Gasteiger partial charge on any atom is -0.619 e. The monoisotopic (exact) mass is 295 g/mol. The second-order valence-electron chi connectivity index (χ2n) is 4.17. The molecule has 1 aromatic carbocycles. The van der Waals surface area contributed by atoms with Gasteiger partial charge in [-0.2, -0.15) is 4.73 Å². The minimum absolute atomic E-state index is 0.0301. The first-order valence-corrected chi connectivity index (χ1v) is 6.20. The zero-order chi connectivity index (χ0) is 14.7. The fraction of sp³-hybridized carbons (Fsp3) is 0.143. The van der Waals surface area contributed by atoms with Gasteiger partial charge in [0.2, 0.25) is 0 Å². The topological polar surface area (TPSA) is 53.2 Å². The highest BCUT2D eigenvalue weighted by molar-refractivity contribution is 6.30. The summed E-state index contributed by atoms with van der Waals surface area (Å²) in [5, 5.41) is 10.8. The fourth-order valence-corrected chi connectivity index (χ4v) is 1.80. The van der Waals surface area contributed by atoms with E-state index in [-0.39, 0.29) is 10.6 Å².